The molecule has 0 saturated heterocycles. The van der Waals surface area contributed by atoms with Gasteiger partial charge in [0.05, 0.1) is 10.2 Å². The molecule has 1 aromatic heterocycles. The molecule has 0 spiro atoms. The van der Waals surface area contributed by atoms with Crippen molar-refractivity contribution in [1.29, 1.82) is 0 Å². The molecule has 1 aromatic carbocycles. The fourth-order valence-corrected chi connectivity index (χ4v) is 2.40. The molecule has 0 bridgehead atoms. The molecule has 1 N–H and O–H groups in total. The van der Waals surface area contributed by atoms with Crippen LogP contribution < -0.4 is 5.32 Å². The maximum atomic E-state index is 4.55. The highest BCUT2D eigenvalue weighted by Crippen LogP contribution is 2.21. The van der Waals surface area contributed by atoms with Crippen molar-refractivity contribution in [3.63, 3.8) is 0 Å². The average Bonchev–Trinajstić information content (AvgIpc) is 2.71. The molecule has 0 amide bonds. The van der Waals surface area contributed by atoms with Crippen molar-refractivity contribution in [2.24, 2.45) is 0 Å². The Bertz CT molecular complexity index is 486. The number of benzene rings is 1. The maximum absolute atomic E-state index is 4.55. The predicted octanol–water partition coefficient (Wildman–Crippen LogP) is 2.80. The van der Waals surface area contributed by atoms with E-state index in [9.17, 15) is 0 Å². The normalized spacial score (nSPS) is 10.1. The molecular weight excluding hydrogens is 216 g/mol. The molecule has 16 heavy (non-hydrogen) atoms. The second kappa shape index (κ2) is 5.64. The molecule has 1 heterocycles. The van der Waals surface area contributed by atoms with Crippen LogP contribution in [0.2, 0.25) is 0 Å². The molecule has 0 atom stereocenters. The van der Waals surface area contributed by atoms with E-state index in [0.29, 0.717) is 0 Å². The molecule has 0 aliphatic heterocycles. The highest BCUT2D eigenvalue weighted by molar-refractivity contribution is 7.18. The molecule has 0 saturated carbocycles. The summed E-state index contributed by atoms with van der Waals surface area (Å²) in [7, 11) is 0. The molecule has 2 rings (SSSR count). The van der Waals surface area contributed by atoms with Crippen molar-refractivity contribution in [2.75, 3.05) is 6.54 Å². The summed E-state index contributed by atoms with van der Waals surface area (Å²) >= 11 is 1.75. The number of nitrogens with zero attached hydrogens (tertiary/aromatic N) is 1. The number of fused-ring (bicyclic) bond motifs is 1. The van der Waals surface area contributed by atoms with Gasteiger partial charge in [0.25, 0.3) is 0 Å². The molecular formula is C13H14N2S. The molecule has 0 fully saturated rings. The standard InChI is InChI=1S/C13H14N2S/c1-2-3-6-9-14-10-13-15-11-7-4-5-8-12(11)16-13/h4-5,7-8,14H,6,9-10H2,1H3. The van der Waals surface area contributed by atoms with E-state index in [1.165, 1.54) is 4.70 Å². The monoisotopic (exact) mass is 230 g/mol. The lowest BCUT2D eigenvalue weighted by Gasteiger charge is -1.96. The Labute approximate surface area is 99.7 Å². The van der Waals surface area contributed by atoms with Gasteiger partial charge in [0.2, 0.25) is 0 Å². The zero-order chi connectivity index (χ0) is 11.2. The molecule has 82 valence electrons. The van der Waals surface area contributed by atoms with E-state index in [-0.39, 0.29) is 0 Å². The third kappa shape index (κ3) is 2.82. The van der Waals surface area contributed by atoms with Crippen molar-refractivity contribution >= 4 is 21.6 Å². The van der Waals surface area contributed by atoms with Crippen LogP contribution in [0.1, 0.15) is 18.4 Å². The number of hydrogen-bond acceptors (Lipinski definition) is 3. The summed E-state index contributed by atoms with van der Waals surface area (Å²) in [6.45, 7) is 3.63. The Hall–Kier alpha value is -1.37. The number of thiazole rings is 1. The second-order valence-electron chi connectivity index (χ2n) is 3.43. The molecule has 3 heteroatoms. The van der Waals surface area contributed by atoms with E-state index in [2.05, 4.69) is 40.3 Å². The van der Waals surface area contributed by atoms with Crippen molar-refractivity contribution < 1.29 is 0 Å². The first-order chi connectivity index (χ1) is 7.90. The van der Waals surface area contributed by atoms with Crippen LogP contribution in [0.4, 0.5) is 0 Å². The van der Waals surface area contributed by atoms with Gasteiger partial charge in [-0.2, -0.15) is 0 Å². The average molecular weight is 230 g/mol. The fraction of sp³-hybridized carbons (Fsp3) is 0.308. The van der Waals surface area contributed by atoms with E-state index in [1.54, 1.807) is 11.3 Å². The van der Waals surface area contributed by atoms with E-state index in [1.807, 2.05) is 13.0 Å². The summed E-state index contributed by atoms with van der Waals surface area (Å²) in [4.78, 5) is 4.55. The van der Waals surface area contributed by atoms with Gasteiger partial charge >= 0.3 is 0 Å². The van der Waals surface area contributed by atoms with Crippen molar-refractivity contribution in [1.82, 2.24) is 10.3 Å². The first kappa shape index (κ1) is 11.1. The van der Waals surface area contributed by atoms with Crippen LogP contribution in [0.5, 0.6) is 0 Å². The topological polar surface area (TPSA) is 24.9 Å². The Morgan fingerprint density at radius 1 is 1.38 bits per heavy atom. The van der Waals surface area contributed by atoms with E-state index >= 15 is 0 Å². The lowest BCUT2D eigenvalue weighted by molar-refractivity contribution is 0.699. The van der Waals surface area contributed by atoms with E-state index in [4.69, 9.17) is 0 Å². The molecule has 2 nitrogen and oxygen atoms in total. The first-order valence-corrected chi connectivity index (χ1v) is 6.16. The van der Waals surface area contributed by atoms with Gasteiger partial charge in [-0.3, -0.25) is 0 Å². The SMILES string of the molecule is CC#CCCNCc1nc2ccccc2s1. The third-order valence-corrected chi connectivity index (χ3v) is 3.25. The van der Waals surface area contributed by atoms with Crippen LogP contribution in [0.3, 0.4) is 0 Å². The largest absolute Gasteiger partial charge is 0.310 e. The summed E-state index contributed by atoms with van der Waals surface area (Å²) in [6.07, 6.45) is 0.904. The quantitative estimate of drug-likeness (QED) is 0.645. The minimum Gasteiger partial charge on any atom is -0.310 e. The van der Waals surface area contributed by atoms with Crippen molar-refractivity contribution in [2.45, 2.75) is 19.9 Å². The summed E-state index contributed by atoms with van der Waals surface area (Å²) in [6, 6.07) is 8.24. The number of rotatable bonds is 4. The Balaban J connectivity index is 1.91. The first-order valence-electron chi connectivity index (χ1n) is 5.35. The lowest BCUT2D eigenvalue weighted by atomic mass is 10.3. The van der Waals surface area contributed by atoms with Gasteiger partial charge < -0.3 is 5.32 Å². The van der Waals surface area contributed by atoms with Gasteiger partial charge in [0, 0.05) is 19.5 Å². The van der Waals surface area contributed by atoms with Gasteiger partial charge in [0.1, 0.15) is 5.01 Å². The molecule has 0 aliphatic carbocycles. The van der Waals surface area contributed by atoms with Gasteiger partial charge in [0.15, 0.2) is 0 Å². The van der Waals surface area contributed by atoms with Crippen LogP contribution in [0.15, 0.2) is 24.3 Å². The van der Waals surface area contributed by atoms with Crippen LogP contribution in [-0.4, -0.2) is 11.5 Å². The smallest absolute Gasteiger partial charge is 0.108 e. The van der Waals surface area contributed by atoms with E-state index < -0.39 is 0 Å². The summed E-state index contributed by atoms with van der Waals surface area (Å²) in [5.41, 5.74) is 1.10. The highest BCUT2D eigenvalue weighted by atomic mass is 32.1. The van der Waals surface area contributed by atoms with Crippen LogP contribution in [-0.2, 0) is 6.54 Å². The van der Waals surface area contributed by atoms with E-state index in [0.717, 1.165) is 30.0 Å². The zero-order valence-electron chi connectivity index (χ0n) is 9.29. The van der Waals surface area contributed by atoms with Crippen LogP contribution in [0.25, 0.3) is 10.2 Å². The summed E-state index contributed by atoms with van der Waals surface area (Å²) in [5.74, 6) is 5.92. The van der Waals surface area contributed by atoms with Gasteiger partial charge in [-0.15, -0.1) is 23.2 Å². The molecule has 0 unspecified atom stereocenters. The van der Waals surface area contributed by atoms with Crippen molar-refractivity contribution in [3.8, 4) is 11.8 Å². The molecule has 2 aromatic rings. The highest BCUT2D eigenvalue weighted by Gasteiger charge is 2.01. The summed E-state index contributed by atoms with van der Waals surface area (Å²) < 4.78 is 1.26. The van der Waals surface area contributed by atoms with Gasteiger partial charge in [-0.1, -0.05) is 12.1 Å². The maximum Gasteiger partial charge on any atom is 0.108 e. The predicted molar refractivity (Wildman–Crippen MR) is 69.4 cm³/mol. The van der Waals surface area contributed by atoms with Crippen LogP contribution in [0, 0.1) is 11.8 Å². The number of nitrogens with one attached hydrogen (secondary N) is 1. The third-order valence-electron chi connectivity index (χ3n) is 2.22. The van der Waals surface area contributed by atoms with Crippen molar-refractivity contribution in [3.05, 3.63) is 29.3 Å². The lowest BCUT2D eigenvalue weighted by Crippen LogP contribution is -2.13. The number of aromatic nitrogens is 1. The molecule has 0 aliphatic rings. The Morgan fingerprint density at radius 3 is 3.06 bits per heavy atom. The molecule has 0 radical (unpaired) electrons. The number of hydrogen-bond donors (Lipinski definition) is 1. The zero-order valence-corrected chi connectivity index (χ0v) is 10.1. The van der Waals surface area contributed by atoms with Gasteiger partial charge in [-0.05, 0) is 19.1 Å². The minimum absolute atomic E-state index is 0.838. The summed E-state index contributed by atoms with van der Waals surface area (Å²) in [5, 5.41) is 4.49. The van der Waals surface area contributed by atoms with Gasteiger partial charge in [-0.25, -0.2) is 4.98 Å². The minimum atomic E-state index is 0.838. The Kier molecular flexibility index (Phi) is 3.92. The fourth-order valence-electron chi connectivity index (χ4n) is 1.47. The Morgan fingerprint density at radius 2 is 2.25 bits per heavy atom. The number of para-hydroxylation sites is 1. The van der Waals surface area contributed by atoms with Crippen LogP contribution >= 0.6 is 11.3 Å². The second-order valence-corrected chi connectivity index (χ2v) is 4.54.